The minimum atomic E-state index is -5.35. The monoisotopic (exact) mass is 769 g/mol. The number of rotatable bonds is 12. The van der Waals surface area contributed by atoms with Crippen LogP contribution in [0.25, 0.3) is 0 Å². The smallest absolute Gasteiger partial charge is 0.497 e. The third-order valence-electron chi connectivity index (χ3n) is 8.90. The van der Waals surface area contributed by atoms with E-state index in [-0.39, 0.29) is 65.6 Å². The van der Waals surface area contributed by atoms with Crippen LogP contribution in [0.3, 0.4) is 0 Å². The Kier molecular flexibility index (Phi) is 10.7. The molecule has 3 aromatic rings. The number of anilines is 1. The molecule has 2 heterocycles. The van der Waals surface area contributed by atoms with E-state index in [1.54, 1.807) is 6.07 Å². The molecule has 1 saturated heterocycles. The topological polar surface area (TPSA) is 163 Å². The van der Waals surface area contributed by atoms with Crippen LogP contribution in [0.1, 0.15) is 36.0 Å². The highest BCUT2D eigenvalue weighted by Crippen LogP contribution is 2.55. The number of nitrogens with zero attached hydrogens (tertiary/aromatic N) is 3. The molecule has 5 rings (SSSR count). The summed E-state index contributed by atoms with van der Waals surface area (Å²) in [5.41, 5.74) is -2.17. The second kappa shape index (κ2) is 14.4. The van der Waals surface area contributed by atoms with Crippen LogP contribution in [-0.4, -0.2) is 99.6 Å². The van der Waals surface area contributed by atoms with Crippen molar-refractivity contribution in [2.24, 2.45) is 0 Å². The molecule has 2 amide bonds. The molecule has 2 aliphatic heterocycles. The number of benzene rings is 3. The number of carbonyl (C=O) groups is 3. The molecule has 0 aliphatic carbocycles. The van der Waals surface area contributed by atoms with E-state index in [2.05, 4.69) is 4.74 Å². The maximum Gasteiger partial charge on any atom is 0.573 e. The second-order valence-electron chi connectivity index (χ2n) is 12.4. The van der Waals surface area contributed by atoms with E-state index >= 15 is 4.79 Å². The molecule has 13 nitrogen and oxygen atoms in total. The molecule has 1 fully saturated rings. The number of carbonyl (C=O) groups excluding carboxylic acids is 2. The fourth-order valence-electron chi connectivity index (χ4n) is 6.76. The molecule has 2 aliphatic rings. The highest BCUT2D eigenvalue weighted by atomic mass is 35.5. The van der Waals surface area contributed by atoms with E-state index in [1.807, 2.05) is 0 Å². The van der Waals surface area contributed by atoms with Crippen LogP contribution in [0.2, 0.25) is 5.02 Å². The van der Waals surface area contributed by atoms with Crippen LogP contribution in [0.15, 0.2) is 59.5 Å². The van der Waals surface area contributed by atoms with Gasteiger partial charge in [0.15, 0.2) is 11.3 Å². The predicted octanol–water partition coefficient (Wildman–Crippen LogP) is 4.17. The van der Waals surface area contributed by atoms with Crippen molar-refractivity contribution in [1.82, 2.24) is 9.80 Å². The number of likely N-dealkylation sites (tertiary alicyclic amines) is 1. The highest BCUT2D eigenvalue weighted by Gasteiger charge is 2.64. The summed E-state index contributed by atoms with van der Waals surface area (Å²) in [6.07, 6.45) is -6.50. The van der Waals surface area contributed by atoms with E-state index in [0.717, 1.165) is 19.2 Å². The minimum absolute atomic E-state index is 0.0150. The molecular formula is C34H35ClF3N3O10S. The van der Waals surface area contributed by atoms with Crippen LogP contribution in [0.4, 0.5) is 18.9 Å². The largest absolute Gasteiger partial charge is 0.573 e. The van der Waals surface area contributed by atoms with Gasteiger partial charge in [-0.1, -0.05) is 17.7 Å². The summed E-state index contributed by atoms with van der Waals surface area (Å²) in [5, 5.41) is 20.3. The Balaban J connectivity index is 1.86. The number of aliphatic hydroxyl groups excluding tert-OH is 1. The number of fused-ring (bicyclic) bond motifs is 1. The molecule has 0 aromatic heterocycles. The molecule has 0 radical (unpaired) electrons. The Bertz CT molecular complexity index is 2010. The summed E-state index contributed by atoms with van der Waals surface area (Å²) < 4.78 is 85.5. The number of aryl methyl sites for hydroxylation is 1. The molecule has 3 aromatic carbocycles. The normalized spacial score (nSPS) is 20.5. The van der Waals surface area contributed by atoms with Gasteiger partial charge < -0.3 is 29.3 Å². The first-order valence-electron chi connectivity index (χ1n) is 15.8. The van der Waals surface area contributed by atoms with E-state index in [1.165, 1.54) is 61.3 Å². The SMILES string of the molecule is COc1ccc(S(=O)(=O)N2C(=O)C(c3cc(CCCC(=O)O)ccc3OC)(N3C[C@H](O)C[C@H]3C(=O)N(C)C)c3cc(Cl)ccc32)c(OC(F)(F)F)c1. The first kappa shape index (κ1) is 38.6. The van der Waals surface area contributed by atoms with Gasteiger partial charge in [0.25, 0.3) is 15.9 Å². The number of ether oxygens (including phenoxy) is 3. The Morgan fingerprint density at radius 1 is 1.02 bits per heavy atom. The molecular weight excluding hydrogens is 735 g/mol. The van der Waals surface area contributed by atoms with Crippen molar-refractivity contribution < 1.29 is 60.4 Å². The predicted molar refractivity (Wildman–Crippen MR) is 180 cm³/mol. The summed E-state index contributed by atoms with van der Waals surface area (Å²) >= 11 is 6.52. The summed E-state index contributed by atoms with van der Waals surface area (Å²) in [4.78, 5) is 42.1. The zero-order valence-electron chi connectivity index (χ0n) is 28.3. The standard InChI is InChI=1S/C34H35ClF3N3O10S/c1-39(2)31(45)26-16-21(42)18-40(26)33(24-14-19(6-5-7-30(43)44)8-12-27(24)50-4)23-15-20(35)9-11-25(23)41(32(33)46)52(47,48)29-13-10-22(49-3)17-28(29)51-34(36,37)38/h8-15,17,21,26,42H,5-7,16,18H2,1-4H3,(H,43,44)/t21-,26+,33?/m1/s1. The number of sulfonamides is 1. The number of amides is 2. The minimum Gasteiger partial charge on any atom is -0.497 e. The third kappa shape index (κ3) is 6.97. The van der Waals surface area contributed by atoms with Crippen molar-refractivity contribution in [3.63, 3.8) is 0 Å². The Hall–Kier alpha value is -4.58. The number of aliphatic carboxylic acids is 1. The molecule has 52 heavy (non-hydrogen) atoms. The van der Waals surface area contributed by atoms with Crippen LogP contribution in [-0.2, 0) is 36.4 Å². The highest BCUT2D eigenvalue weighted by molar-refractivity contribution is 7.93. The summed E-state index contributed by atoms with van der Waals surface area (Å²) in [6.45, 7) is -0.340. The number of likely N-dealkylation sites (N-methyl/N-ethyl adjacent to an activating group) is 1. The lowest BCUT2D eigenvalue weighted by Gasteiger charge is -2.42. The zero-order chi connectivity index (χ0) is 38.3. The van der Waals surface area contributed by atoms with Crippen LogP contribution in [0.5, 0.6) is 17.2 Å². The Labute approximate surface area is 302 Å². The number of methoxy groups -OCH3 is 2. The van der Waals surface area contributed by atoms with Gasteiger partial charge in [-0.2, -0.15) is 0 Å². The van der Waals surface area contributed by atoms with Crippen LogP contribution in [0, 0.1) is 0 Å². The zero-order valence-corrected chi connectivity index (χ0v) is 29.9. The van der Waals surface area contributed by atoms with Gasteiger partial charge in [0.05, 0.1) is 32.1 Å². The number of hydrogen-bond acceptors (Lipinski definition) is 10. The van der Waals surface area contributed by atoms with Gasteiger partial charge in [0.1, 0.15) is 16.4 Å². The first-order chi connectivity index (χ1) is 24.4. The van der Waals surface area contributed by atoms with Gasteiger partial charge in [-0.05, 0) is 67.3 Å². The number of halogens is 4. The fourth-order valence-corrected chi connectivity index (χ4v) is 8.50. The van der Waals surface area contributed by atoms with Crippen molar-refractivity contribution >= 4 is 45.1 Å². The average Bonchev–Trinajstić information content (AvgIpc) is 3.57. The van der Waals surface area contributed by atoms with Crippen molar-refractivity contribution in [3.8, 4) is 17.2 Å². The molecule has 3 atom stereocenters. The molecule has 2 N–H and O–H groups in total. The molecule has 1 unspecified atom stereocenters. The average molecular weight is 770 g/mol. The quantitative estimate of drug-likeness (QED) is 0.272. The van der Waals surface area contributed by atoms with Crippen LogP contribution < -0.4 is 18.5 Å². The number of alkyl halides is 3. The first-order valence-corrected chi connectivity index (χ1v) is 17.6. The van der Waals surface area contributed by atoms with Crippen molar-refractivity contribution in [3.05, 3.63) is 76.3 Å². The Morgan fingerprint density at radius 3 is 2.35 bits per heavy atom. The lowest BCUT2D eigenvalue weighted by Crippen LogP contribution is -2.59. The number of hydrogen-bond donors (Lipinski definition) is 2. The van der Waals surface area contributed by atoms with Gasteiger partial charge in [0, 0.05) is 49.3 Å². The number of carboxylic acids is 1. The molecule has 0 saturated carbocycles. The number of carboxylic acid groups (broad SMARTS) is 1. The van der Waals surface area contributed by atoms with Gasteiger partial charge in [0.2, 0.25) is 5.91 Å². The van der Waals surface area contributed by atoms with E-state index in [9.17, 15) is 41.4 Å². The van der Waals surface area contributed by atoms with E-state index < -0.39 is 62.5 Å². The summed E-state index contributed by atoms with van der Waals surface area (Å²) in [6, 6.07) is 9.82. The molecule has 0 spiro atoms. The molecule has 280 valence electrons. The fraction of sp³-hybridized carbons (Fsp3) is 0.382. The van der Waals surface area contributed by atoms with Gasteiger partial charge in [-0.15, -0.1) is 13.2 Å². The Morgan fingerprint density at radius 2 is 1.73 bits per heavy atom. The maximum atomic E-state index is 15.5. The summed E-state index contributed by atoms with van der Waals surface area (Å²) in [5.74, 6) is -4.13. The molecule has 0 bridgehead atoms. The van der Waals surface area contributed by atoms with Gasteiger partial charge in [-0.25, -0.2) is 12.7 Å². The van der Waals surface area contributed by atoms with Gasteiger partial charge >= 0.3 is 12.3 Å². The molecule has 18 heteroatoms. The number of aliphatic hydroxyl groups is 1. The van der Waals surface area contributed by atoms with Crippen molar-refractivity contribution in [2.75, 3.05) is 39.2 Å². The lowest BCUT2D eigenvalue weighted by atomic mass is 9.80. The third-order valence-corrected chi connectivity index (χ3v) is 10.9. The van der Waals surface area contributed by atoms with E-state index in [4.69, 9.17) is 21.1 Å². The van der Waals surface area contributed by atoms with Gasteiger partial charge in [-0.3, -0.25) is 19.3 Å². The number of β-amino-alcohol motifs (C(OH)–C–C–N with tert-alkyl or cyclic N) is 1. The summed E-state index contributed by atoms with van der Waals surface area (Å²) in [7, 11) is 0.0709. The lowest BCUT2D eigenvalue weighted by molar-refractivity contribution is -0.275. The maximum absolute atomic E-state index is 15.5. The van der Waals surface area contributed by atoms with E-state index in [0.29, 0.717) is 15.9 Å². The second-order valence-corrected chi connectivity index (χ2v) is 14.6. The van der Waals surface area contributed by atoms with Crippen molar-refractivity contribution in [2.45, 2.75) is 54.6 Å². The van der Waals surface area contributed by atoms with Crippen LogP contribution >= 0.6 is 11.6 Å². The van der Waals surface area contributed by atoms with Crippen molar-refractivity contribution in [1.29, 1.82) is 0 Å².